The molecule has 1 aromatic carbocycles. The van der Waals surface area contributed by atoms with E-state index in [9.17, 15) is 24.5 Å². The number of non-ortho nitro benzene ring substituents is 1. The van der Waals surface area contributed by atoms with Crippen LogP contribution < -0.4 is 10.6 Å². The van der Waals surface area contributed by atoms with Crippen molar-refractivity contribution in [3.8, 4) is 0 Å². The van der Waals surface area contributed by atoms with E-state index in [1.54, 1.807) is 0 Å². The maximum Gasteiger partial charge on any atom is 0.339 e. The van der Waals surface area contributed by atoms with E-state index < -0.39 is 28.9 Å². The highest BCUT2D eigenvalue weighted by atomic mass is 16.6. The zero-order chi connectivity index (χ0) is 19.1. The number of urea groups is 1. The smallest absolute Gasteiger partial charge is 0.339 e. The van der Waals surface area contributed by atoms with Gasteiger partial charge in [-0.3, -0.25) is 20.2 Å². The Balaban J connectivity index is 1.85. The summed E-state index contributed by atoms with van der Waals surface area (Å²) >= 11 is 0. The van der Waals surface area contributed by atoms with Crippen molar-refractivity contribution in [2.75, 3.05) is 0 Å². The molecule has 9 heteroatoms. The number of esters is 1. The second kappa shape index (κ2) is 8.93. The van der Waals surface area contributed by atoms with Gasteiger partial charge >= 0.3 is 12.0 Å². The number of carbonyl (C=O) groups excluding carboxylic acids is 3. The van der Waals surface area contributed by atoms with Crippen LogP contribution >= 0.6 is 0 Å². The molecule has 1 atom stereocenters. The van der Waals surface area contributed by atoms with Gasteiger partial charge in [0.05, 0.1) is 10.5 Å². The number of nitro groups is 1. The van der Waals surface area contributed by atoms with Crippen LogP contribution in [0.5, 0.6) is 0 Å². The van der Waals surface area contributed by atoms with Crippen molar-refractivity contribution in [1.82, 2.24) is 10.6 Å². The first-order chi connectivity index (χ1) is 12.4. The monoisotopic (exact) mass is 363 g/mol. The maximum absolute atomic E-state index is 12.0. The third kappa shape index (κ3) is 5.54. The summed E-state index contributed by atoms with van der Waals surface area (Å²) in [5.41, 5.74) is -0.311. The maximum atomic E-state index is 12.0. The van der Waals surface area contributed by atoms with Gasteiger partial charge in [0.25, 0.3) is 11.6 Å². The first kappa shape index (κ1) is 19.4. The lowest BCUT2D eigenvalue weighted by molar-refractivity contribution is -0.384. The van der Waals surface area contributed by atoms with Gasteiger partial charge in [0.1, 0.15) is 0 Å². The number of nitrogens with one attached hydrogen (secondary N) is 2. The lowest BCUT2D eigenvalue weighted by Gasteiger charge is -2.23. The number of carbonyl (C=O) groups is 3. The molecular weight excluding hydrogens is 342 g/mol. The van der Waals surface area contributed by atoms with Crippen LogP contribution in [0.15, 0.2) is 24.3 Å². The van der Waals surface area contributed by atoms with Gasteiger partial charge in [0.2, 0.25) is 0 Å². The number of ether oxygens (including phenoxy) is 1. The van der Waals surface area contributed by atoms with Gasteiger partial charge < -0.3 is 10.1 Å². The normalized spacial score (nSPS) is 15.6. The Kier molecular flexibility index (Phi) is 6.65. The van der Waals surface area contributed by atoms with E-state index in [1.165, 1.54) is 25.1 Å². The van der Waals surface area contributed by atoms with Crippen LogP contribution in [-0.4, -0.2) is 35.0 Å². The minimum atomic E-state index is -1.22. The highest BCUT2D eigenvalue weighted by Crippen LogP contribution is 2.17. The van der Waals surface area contributed by atoms with Crippen molar-refractivity contribution in [2.45, 2.75) is 51.2 Å². The number of rotatable bonds is 5. The van der Waals surface area contributed by atoms with Crippen LogP contribution in [0.4, 0.5) is 10.5 Å². The zero-order valence-corrected chi connectivity index (χ0v) is 14.4. The molecule has 0 heterocycles. The summed E-state index contributed by atoms with van der Waals surface area (Å²) in [6.45, 7) is 1.32. The number of hydrogen-bond acceptors (Lipinski definition) is 6. The first-order valence-electron chi connectivity index (χ1n) is 8.43. The van der Waals surface area contributed by atoms with Crippen molar-refractivity contribution in [2.24, 2.45) is 0 Å². The molecule has 1 fully saturated rings. The average Bonchev–Trinajstić information content (AvgIpc) is 2.62. The molecule has 9 nitrogen and oxygen atoms in total. The molecule has 1 aliphatic rings. The van der Waals surface area contributed by atoms with Crippen LogP contribution in [-0.2, 0) is 9.53 Å². The fraction of sp³-hybridized carbons (Fsp3) is 0.471. The van der Waals surface area contributed by atoms with E-state index in [0.717, 1.165) is 38.2 Å². The molecule has 0 bridgehead atoms. The molecule has 3 amide bonds. The average molecular weight is 363 g/mol. The van der Waals surface area contributed by atoms with Crippen LogP contribution in [0.3, 0.4) is 0 Å². The largest absolute Gasteiger partial charge is 0.449 e. The summed E-state index contributed by atoms with van der Waals surface area (Å²) in [5.74, 6) is -1.65. The van der Waals surface area contributed by atoms with E-state index in [-0.39, 0.29) is 17.3 Å². The van der Waals surface area contributed by atoms with Gasteiger partial charge in [-0.05, 0) is 25.8 Å². The van der Waals surface area contributed by atoms with Gasteiger partial charge in [-0.15, -0.1) is 0 Å². The van der Waals surface area contributed by atoms with Crippen LogP contribution in [0.1, 0.15) is 49.4 Å². The highest BCUT2D eigenvalue weighted by Gasteiger charge is 2.23. The van der Waals surface area contributed by atoms with E-state index in [1.807, 2.05) is 0 Å². The molecule has 1 saturated carbocycles. The number of nitro benzene ring substituents is 1. The Morgan fingerprint density at radius 2 is 1.92 bits per heavy atom. The summed E-state index contributed by atoms with van der Waals surface area (Å²) in [5, 5.41) is 15.6. The molecule has 0 aromatic heterocycles. The van der Waals surface area contributed by atoms with Crippen molar-refractivity contribution in [1.29, 1.82) is 0 Å². The van der Waals surface area contributed by atoms with Gasteiger partial charge in [-0.2, -0.15) is 0 Å². The van der Waals surface area contributed by atoms with Gasteiger partial charge in [0.15, 0.2) is 6.10 Å². The highest BCUT2D eigenvalue weighted by molar-refractivity contribution is 5.98. The van der Waals surface area contributed by atoms with Crippen LogP contribution in [0.25, 0.3) is 0 Å². The van der Waals surface area contributed by atoms with Crippen molar-refractivity contribution in [3.05, 3.63) is 39.9 Å². The Labute approximate surface area is 150 Å². The van der Waals surface area contributed by atoms with Crippen molar-refractivity contribution in [3.63, 3.8) is 0 Å². The molecular formula is C17H21N3O6. The van der Waals surface area contributed by atoms with Crippen LogP contribution in [0.2, 0.25) is 0 Å². The minimum Gasteiger partial charge on any atom is -0.449 e. The number of nitrogens with zero attached hydrogens (tertiary/aromatic N) is 1. The van der Waals surface area contributed by atoms with Gasteiger partial charge in [0, 0.05) is 18.2 Å². The second-order valence-electron chi connectivity index (χ2n) is 6.15. The predicted molar refractivity (Wildman–Crippen MR) is 91.5 cm³/mol. The number of imide groups is 1. The Hall–Kier alpha value is -2.97. The number of amides is 3. The summed E-state index contributed by atoms with van der Waals surface area (Å²) in [7, 11) is 0. The zero-order valence-electron chi connectivity index (χ0n) is 14.4. The molecule has 2 N–H and O–H groups in total. The Bertz CT molecular complexity index is 699. The topological polar surface area (TPSA) is 128 Å². The molecule has 140 valence electrons. The van der Waals surface area contributed by atoms with Gasteiger partial charge in [-0.1, -0.05) is 25.3 Å². The van der Waals surface area contributed by atoms with E-state index in [2.05, 4.69) is 10.6 Å². The lowest BCUT2D eigenvalue weighted by atomic mass is 9.96. The third-order valence-electron chi connectivity index (χ3n) is 4.12. The molecule has 0 spiro atoms. The number of benzene rings is 1. The van der Waals surface area contributed by atoms with E-state index in [0.29, 0.717) is 0 Å². The van der Waals surface area contributed by atoms with Crippen molar-refractivity contribution < 1.29 is 24.0 Å². The molecule has 0 radical (unpaired) electrons. The number of hydrogen-bond donors (Lipinski definition) is 2. The Morgan fingerprint density at radius 1 is 1.23 bits per heavy atom. The minimum absolute atomic E-state index is 0.0410. The van der Waals surface area contributed by atoms with Gasteiger partial charge in [-0.25, -0.2) is 9.59 Å². The summed E-state index contributed by atoms with van der Waals surface area (Å²) < 4.78 is 4.97. The molecule has 1 aliphatic carbocycles. The molecule has 0 unspecified atom stereocenters. The standard InChI is InChI=1S/C17H21N3O6/c1-11(15(21)19-17(23)18-13-7-3-2-4-8-13)26-16(22)12-6-5-9-14(10-12)20(24)25/h5-6,9-11,13H,2-4,7-8H2,1H3,(H2,18,19,21,23)/t11-/m1/s1. The summed E-state index contributed by atoms with van der Waals surface area (Å²) in [6.07, 6.45) is 3.74. The Morgan fingerprint density at radius 3 is 2.58 bits per heavy atom. The summed E-state index contributed by atoms with van der Waals surface area (Å²) in [6, 6.07) is 4.40. The molecule has 0 aliphatic heterocycles. The quantitative estimate of drug-likeness (QED) is 0.469. The fourth-order valence-electron chi connectivity index (χ4n) is 2.71. The second-order valence-corrected chi connectivity index (χ2v) is 6.15. The van der Waals surface area contributed by atoms with E-state index >= 15 is 0 Å². The SMILES string of the molecule is C[C@@H](OC(=O)c1cccc([N+](=O)[O-])c1)C(=O)NC(=O)NC1CCCCC1. The molecule has 1 aromatic rings. The third-order valence-corrected chi connectivity index (χ3v) is 4.12. The first-order valence-corrected chi connectivity index (χ1v) is 8.43. The van der Waals surface area contributed by atoms with E-state index in [4.69, 9.17) is 4.74 Å². The predicted octanol–water partition coefficient (Wildman–Crippen LogP) is 2.30. The fourth-order valence-corrected chi connectivity index (χ4v) is 2.71. The van der Waals surface area contributed by atoms with Crippen LogP contribution in [0, 0.1) is 10.1 Å². The lowest BCUT2D eigenvalue weighted by Crippen LogP contribution is -2.48. The molecule has 0 saturated heterocycles. The molecule has 2 rings (SSSR count). The molecule has 26 heavy (non-hydrogen) atoms. The van der Waals surface area contributed by atoms with Crippen molar-refractivity contribution >= 4 is 23.6 Å². The summed E-state index contributed by atoms with van der Waals surface area (Å²) in [4.78, 5) is 45.9.